The Morgan fingerprint density at radius 3 is 2.63 bits per heavy atom. The fourth-order valence-corrected chi connectivity index (χ4v) is 5.09. The van der Waals surface area contributed by atoms with E-state index in [9.17, 15) is 14.7 Å². The van der Waals surface area contributed by atoms with Crippen molar-refractivity contribution in [3.05, 3.63) is 30.0 Å². The van der Waals surface area contributed by atoms with Crippen LogP contribution in [0.3, 0.4) is 0 Å². The third kappa shape index (κ3) is 4.06. The summed E-state index contributed by atoms with van der Waals surface area (Å²) in [7, 11) is 0. The minimum Gasteiger partial charge on any atom is -0.390 e. The molecule has 0 spiro atoms. The first-order valence-electron chi connectivity index (χ1n) is 10.9. The summed E-state index contributed by atoms with van der Waals surface area (Å²) in [5.74, 6) is -0.112. The van der Waals surface area contributed by atoms with Crippen LogP contribution in [0.2, 0.25) is 0 Å². The van der Waals surface area contributed by atoms with Crippen LogP contribution in [0.15, 0.2) is 24.3 Å². The molecule has 0 saturated carbocycles. The fourth-order valence-electron chi connectivity index (χ4n) is 5.09. The summed E-state index contributed by atoms with van der Waals surface area (Å²) < 4.78 is 1.91. The first-order chi connectivity index (χ1) is 14.5. The lowest BCUT2D eigenvalue weighted by atomic mass is 9.96. The Bertz CT molecular complexity index is 897. The summed E-state index contributed by atoms with van der Waals surface area (Å²) in [6.45, 7) is 4.95. The zero-order valence-corrected chi connectivity index (χ0v) is 17.6. The molecule has 8 nitrogen and oxygen atoms in total. The Balaban J connectivity index is 1.43. The van der Waals surface area contributed by atoms with Crippen molar-refractivity contribution in [3.63, 3.8) is 0 Å². The van der Waals surface area contributed by atoms with Gasteiger partial charge in [0.2, 0.25) is 6.41 Å². The van der Waals surface area contributed by atoms with Gasteiger partial charge in [0.05, 0.1) is 11.6 Å². The molecular weight excluding hydrogens is 382 g/mol. The zero-order valence-electron chi connectivity index (χ0n) is 17.6. The molecule has 1 aromatic carbocycles. The fraction of sp³-hybridized carbons (Fsp3) is 0.591. The highest BCUT2D eigenvalue weighted by molar-refractivity contribution is 6.05. The third-order valence-corrected chi connectivity index (χ3v) is 6.40. The second-order valence-electron chi connectivity index (χ2n) is 8.81. The number of benzene rings is 1. The molecule has 30 heavy (non-hydrogen) atoms. The van der Waals surface area contributed by atoms with Crippen molar-refractivity contribution in [2.24, 2.45) is 0 Å². The Hall–Kier alpha value is -2.45. The Kier molecular flexibility index (Phi) is 6.06. The van der Waals surface area contributed by atoms with Crippen molar-refractivity contribution in [2.75, 3.05) is 13.1 Å². The van der Waals surface area contributed by atoms with Crippen molar-refractivity contribution in [2.45, 2.75) is 69.8 Å². The molecular formula is C22H31N5O3. The van der Waals surface area contributed by atoms with Gasteiger partial charge in [0.1, 0.15) is 0 Å². The molecule has 3 heterocycles. The van der Waals surface area contributed by atoms with Gasteiger partial charge in [-0.15, -0.1) is 0 Å². The maximum absolute atomic E-state index is 13.1. The summed E-state index contributed by atoms with van der Waals surface area (Å²) in [5, 5.41) is 21.4. The number of carbonyl (C=O) groups excluding carboxylic acids is 2. The van der Waals surface area contributed by atoms with Crippen molar-refractivity contribution in [1.82, 2.24) is 25.3 Å². The van der Waals surface area contributed by atoms with Crippen molar-refractivity contribution >= 4 is 23.2 Å². The van der Waals surface area contributed by atoms with Crippen LogP contribution in [0.25, 0.3) is 10.9 Å². The number of para-hydroxylation sites is 1. The summed E-state index contributed by atoms with van der Waals surface area (Å²) in [6.07, 6.45) is 3.95. The Labute approximate surface area is 176 Å². The number of amides is 2. The van der Waals surface area contributed by atoms with E-state index in [0.29, 0.717) is 30.7 Å². The molecule has 8 heteroatoms. The van der Waals surface area contributed by atoms with E-state index in [0.717, 1.165) is 36.6 Å². The van der Waals surface area contributed by atoms with E-state index in [1.165, 1.54) is 0 Å². The number of hydrogen-bond acceptors (Lipinski definition) is 5. The van der Waals surface area contributed by atoms with E-state index in [-0.39, 0.29) is 24.5 Å². The topological polar surface area (TPSA) is 99.5 Å². The van der Waals surface area contributed by atoms with Gasteiger partial charge in [-0.25, -0.2) is 0 Å². The SMILES string of the molecule is CC(C)n1nc(C(=O)NC2C[C@H]3CC[C@@H](C2)N3CC(O)CNC=O)c2ccccc21. The molecule has 2 saturated heterocycles. The average Bonchev–Trinajstić information content (AvgIpc) is 3.21. The lowest BCUT2D eigenvalue weighted by molar-refractivity contribution is -0.110. The number of rotatable bonds is 8. The lowest BCUT2D eigenvalue weighted by Gasteiger charge is -2.40. The number of piperidine rings is 1. The van der Waals surface area contributed by atoms with Crippen LogP contribution in [-0.2, 0) is 4.79 Å². The first-order valence-corrected chi connectivity index (χ1v) is 10.9. The highest BCUT2D eigenvalue weighted by Crippen LogP contribution is 2.36. The predicted molar refractivity (Wildman–Crippen MR) is 114 cm³/mol. The molecule has 2 bridgehead atoms. The number of nitrogens with zero attached hydrogens (tertiary/aromatic N) is 3. The van der Waals surface area contributed by atoms with E-state index in [1.807, 2.05) is 28.9 Å². The zero-order chi connectivity index (χ0) is 21.3. The van der Waals surface area contributed by atoms with Crippen LogP contribution >= 0.6 is 0 Å². The maximum atomic E-state index is 13.1. The van der Waals surface area contributed by atoms with Crippen LogP contribution in [0, 0.1) is 0 Å². The Morgan fingerprint density at radius 1 is 1.27 bits per heavy atom. The standard InChI is InChI=1S/C22H31N5O3/c1-14(2)27-20-6-4-3-5-19(20)21(25-27)22(30)24-15-9-16-7-8-17(10-15)26(16)12-18(29)11-23-13-28/h3-6,13-18,29H,7-12H2,1-2H3,(H,23,28)(H,24,30)/t15?,16-,17+,18?. The number of hydrogen-bond donors (Lipinski definition) is 3. The molecule has 2 aliphatic rings. The molecule has 3 N–H and O–H groups in total. The summed E-state index contributed by atoms with van der Waals surface area (Å²) in [6, 6.07) is 8.86. The quantitative estimate of drug-likeness (QED) is 0.569. The maximum Gasteiger partial charge on any atom is 0.272 e. The monoisotopic (exact) mass is 413 g/mol. The van der Waals surface area contributed by atoms with Crippen molar-refractivity contribution < 1.29 is 14.7 Å². The minimum absolute atomic E-state index is 0.111. The molecule has 4 rings (SSSR count). The molecule has 2 amide bonds. The molecule has 1 aromatic heterocycles. The van der Waals surface area contributed by atoms with Crippen molar-refractivity contribution in [3.8, 4) is 0 Å². The molecule has 2 aromatic rings. The molecule has 162 valence electrons. The number of aliphatic hydroxyl groups excluding tert-OH is 1. The van der Waals surface area contributed by atoms with Gasteiger partial charge in [0.15, 0.2) is 5.69 Å². The van der Waals surface area contributed by atoms with Crippen LogP contribution in [0.5, 0.6) is 0 Å². The summed E-state index contributed by atoms with van der Waals surface area (Å²) in [4.78, 5) is 25.9. The van der Waals surface area contributed by atoms with Gasteiger partial charge in [0, 0.05) is 42.6 Å². The van der Waals surface area contributed by atoms with Crippen molar-refractivity contribution in [1.29, 1.82) is 0 Å². The summed E-state index contributed by atoms with van der Waals surface area (Å²) in [5.41, 5.74) is 1.47. The number of fused-ring (bicyclic) bond motifs is 3. The molecule has 2 fully saturated rings. The Morgan fingerprint density at radius 2 is 1.97 bits per heavy atom. The van der Waals surface area contributed by atoms with Crippen LogP contribution in [-0.4, -0.2) is 69.4 Å². The third-order valence-electron chi connectivity index (χ3n) is 6.40. The molecule has 0 radical (unpaired) electrons. The van der Waals surface area contributed by atoms with Gasteiger partial charge in [0.25, 0.3) is 5.91 Å². The first kappa shape index (κ1) is 20.8. The highest BCUT2D eigenvalue weighted by Gasteiger charge is 2.41. The van der Waals surface area contributed by atoms with Gasteiger partial charge in [-0.05, 0) is 45.6 Å². The second kappa shape index (κ2) is 8.73. The van der Waals surface area contributed by atoms with E-state index in [1.54, 1.807) is 0 Å². The normalized spacial score (nSPS) is 24.9. The molecule has 4 atom stereocenters. The van der Waals surface area contributed by atoms with E-state index in [4.69, 9.17) is 0 Å². The van der Waals surface area contributed by atoms with Gasteiger partial charge in [-0.2, -0.15) is 5.10 Å². The van der Waals surface area contributed by atoms with Gasteiger partial charge in [-0.1, -0.05) is 18.2 Å². The predicted octanol–water partition coefficient (Wildman–Crippen LogP) is 1.45. The highest BCUT2D eigenvalue weighted by atomic mass is 16.3. The molecule has 0 aliphatic carbocycles. The van der Waals surface area contributed by atoms with Gasteiger partial charge >= 0.3 is 0 Å². The van der Waals surface area contributed by atoms with Crippen LogP contribution in [0.1, 0.15) is 56.1 Å². The lowest BCUT2D eigenvalue weighted by Crippen LogP contribution is -2.53. The summed E-state index contributed by atoms with van der Waals surface area (Å²) >= 11 is 0. The van der Waals surface area contributed by atoms with Crippen LogP contribution in [0.4, 0.5) is 0 Å². The smallest absolute Gasteiger partial charge is 0.272 e. The van der Waals surface area contributed by atoms with Gasteiger partial charge < -0.3 is 15.7 Å². The van der Waals surface area contributed by atoms with Gasteiger partial charge in [-0.3, -0.25) is 19.2 Å². The number of nitrogens with one attached hydrogen (secondary N) is 2. The van der Waals surface area contributed by atoms with E-state index < -0.39 is 6.10 Å². The number of carbonyl (C=O) groups is 2. The van der Waals surface area contributed by atoms with E-state index in [2.05, 4.69) is 34.5 Å². The minimum atomic E-state index is -0.573. The second-order valence-corrected chi connectivity index (χ2v) is 8.81. The number of aromatic nitrogens is 2. The molecule has 2 unspecified atom stereocenters. The molecule has 2 aliphatic heterocycles. The van der Waals surface area contributed by atoms with E-state index >= 15 is 0 Å². The average molecular weight is 414 g/mol. The largest absolute Gasteiger partial charge is 0.390 e. The van der Waals surface area contributed by atoms with Crippen LogP contribution < -0.4 is 10.6 Å². The number of aliphatic hydroxyl groups is 1.